The molecule has 220 valence electrons. The number of ketones is 1. The SMILES string of the molecule is CC(=O)C1C2C=CC3(C1C(=O)N(Cc1ccccc1)[C@H]3C(=O)NCc1ccccc1)N2S(=O)(=O)c1ccccc1[N+](=O)[O-]. The van der Waals surface area contributed by atoms with Crippen molar-refractivity contribution in [3.63, 3.8) is 0 Å². The van der Waals surface area contributed by atoms with E-state index in [2.05, 4.69) is 5.32 Å². The molecule has 4 unspecified atom stereocenters. The van der Waals surface area contributed by atoms with Crippen LogP contribution in [0.15, 0.2) is 102 Å². The maximum Gasteiger partial charge on any atom is 0.289 e. The molecule has 1 spiro atoms. The van der Waals surface area contributed by atoms with Crippen LogP contribution in [-0.4, -0.2) is 57.8 Å². The molecule has 2 bridgehead atoms. The summed E-state index contributed by atoms with van der Waals surface area (Å²) in [5.74, 6) is -3.83. The highest BCUT2D eigenvalue weighted by Gasteiger charge is 2.77. The van der Waals surface area contributed by atoms with Gasteiger partial charge in [-0.15, -0.1) is 0 Å². The number of fused-ring (bicyclic) bond motifs is 1. The third kappa shape index (κ3) is 4.36. The number of hydrogen-bond acceptors (Lipinski definition) is 7. The number of benzene rings is 3. The lowest BCUT2D eigenvalue weighted by atomic mass is 9.73. The predicted molar refractivity (Wildman–Crippen MR) is 155 cm³/mol. The summed E-state index contributed by atoms with van der Waals surface area (Å²) >= 11 is 0. The number of amides is 2. The van der Waals surface area contributed by atoms with Gasteiger partial charge in [-0.2, -0.15) is 4.31 Å². The van der Waals surface area contributed by atoms with Crippen molar-refractivity contribution < 1.29 is 27.7 Å². The predicted octanol–water partition coefficient (Wildman–Crippen LogP) is 2.83. The minimum atomic E-state index is -4.72. The molecular weight excluding hydrogens is 572 g/mol. The molecule has 2 saturated heterocycles. The molecule has 0 aromatic heterocycles. The standard InChI is InChI=1S/C31H28N4O7S/c1-20(36)26-24-16-17-31(34(24)43(41,42)25-15-9-8-14-23(25)35(39)40)27(26)30(38)33(19-22-12-6-3-7-13-22)28(31)29(37)32-18-21-10-4-2-5-11-21/h2-17,24,26-28H,18-19H2,1H3,(H,32,37)/t24?,26?,27?,28-,31?/m0/s1. The van der Waals surface area contributed by atoms with Crippen molar-refractivity contribution >= 4 is 33.3 Å². The van der Waals surface area contributed by atoms with Crippen molar-refractivity contribution in [3.8, 4) is 0 Å². The molecule has 3 heterocycles. The third-order valence-corrected chi connectivity index (χ3v) is 10.5. The molecule has 3 aliphatic heterocycles. The van der Waals surface area contributed by atoms with Gasteiger partial charge in [-0.1, -0.05) is 84.9 Å². The van der Waals surface area contributed by atoms with E-state index in [9.17, 15) is 32.9 Å². The summed E-state index contributed by atoms with van der Waals surface area (Å²) in [6.45, 7) is 1.40. The zero-order valence-electron chi connectivity index (χ0n) is 23.1. The van der Waals surface area contributed by atoms with E-state index in [1.807, 2.05) is 36.4 Å². The summed E-state index contributed by atoms with van der Waals surface area (Å²) in [5, 5.41) is 14.8. The van der Waals surface area contributed by atoms with Gasteiger partial charge in [0.15, 0.2) is 4.90 Å². The van der Waals surface area contributed by atoms with E-state index in [4.69, 9.17) is 0 Å². The van der Waals surface area contributed by atoms with E-state index in [0.29, 0.717) is 5.56 Å². The number of carbonyl (C=O) groups is 3. The zero-order valence-corrected chi connectivity index (χ0v) is 23.9. The first kappa shape index (κ1) is 28.4. The Morgan fingerprint density at radius 1 is 0.953 bits per heavy atom. The van der Waals surface area contributed by atoms with Crippen LogP contribution in [-0.2, 0) is 37.5 Å². The number of likely N-dealkylation sites (tertiary alicyclic amines) is 1. The largest absolute Gasteiger partial charge is 0.350 e. The smallest absolute Gasteiger partial charge is 0.289 e. The molecule has 43 heavy (non-hydrogen) atoms. The number of nitrogens with one attached hydrogen (secondary N) is 1. The highest BCUT2D eigenvalue weighted by atomic mass is 32.2. The van der Waals surface area contributed by atoms with Gasteiger partial charge in [0.25, 0.3) is 15.7 Å². The Balaban J connectivity index is 1.52. The number of para-hydroxylation sites is 1. The lowest BCUT2D eigenvalue weighted by molar-refractivity contribution is -0.387. The third-order valence-electron chi connectivity index (χ3n) is 8.56. The van der Waals surface area contributed by atoms with Crippen molar-refractivity contribution in [2.45, 2.75) is 42.5 Å². The summed E-state index contributed by atoms with van der Waals surface area (Å²) in [5.41, 5.74) is -0.937. The summed E-state index contributed by atoms with van der Waals surface area (Å²) in [4.78, 5) is 53.5. The van der Waals surface area contributed by atoms with Crippen molar-refractivity contribution in [1.29, 1.82) is 0 Å². The lowest BCUT2D eigenvalue weighted by Gasteiger charge is -2.38. The lowest BCUT2D eigenvalue weighted by Crippen LogP contribution is -2.61. The van der Waals surface area contributed by atoms with Crippen LogP contribution in [0.3, 0.4) is 0 Å². The Hall–Kier alpha value is -4.68. The molecule has 0 aliphatic carbocycles. The van der Waals surface area contributed by atoms with E-state index in [1.54, 1.807) is 24.3 Å². The molecule has 3 aromatic rings. The Bertz CT molecular complexity index is 1760. The minimum Gasteiger partial charge on any atom is -0.350 e. The van der Waals surface area contributed by atoms with Gasteiger partial charge in [-0.25, -0.2) is 8.42 Å². The van der Waals surface area contributed by atoms with Crippen molar-refractivity contribution in [2.75, 3.05) is 0 Å². The molecule has 2 fully saturated rings. The van der Waals surface area contributed by atoms with Crippen LogP contribution in [0.5, 0.6) is 0 Å². The molecule has 11 nitrogen and oxygen atoms in total. The normalized spacial score (nSPS) is 26.0. The van der Waals surface area contributed by atoms with Crippen molar-refractivity contribution in [1.82, 2.24) is 14.5 Å². The summed E-state index contributed by atoms with van der Waals surface area (Å²) < 4.78 is 29.9. The van der Waals surface area contributed by atoms with E-state index >= 15 is 0 Å². The van der Waals surface area contributed by atoms with Crippen LogP contribution in [0, 0.1) is 22.0 Å². The Kier molecular flexibility index (Phi) is 6.98. The topological polar surface area (TPSA) is 147 Å². The Morgan fingerprint density at radius 3 is 2.19 bits per heavy atom. The van der Waals surface area contributed by atoms with Crippen LogP contribution in [0.1, 0.15) is 18.1 Å². The van der Waals surface area contributed by atoms with Crippen LogP contribution >= 0.6 is 0 Å². The quantitative estimate of drug-likeness (QED) is 0.226. The molecule has 2 amide bonds. The van der Waals surface area contributed by atoms with Gasteiger partial charge in [-0.05, 0) is 24.1 Å². The summed E-state index contributed by atoms with van der Waals surface area (Å²) in [6, 6.07) is 20.5. The van der Waals surface area contributed by atoms with E-state index in [-0.39, 0.29) is 13.1 Å². The summed E-state index contributed by atoms with van der Waals surface area (Å²) in [7, 11) is -4.72. The first-order chi connectivity index (χ1) is 20.6. The van der Waals surface area contributed by atoms with Crippen LogP contribution < -0.4 is 5.32 Å². The molecule has 0 radical (unpaired) electrons. The maximum atomic E-state index is 14.5. The second-order valence-corrected chi connectivity index (χ2v) is 12.7. The molecule has 3 aliphatic rings. The number of Topliss-reactive ketones (excluding diaryl/α,β-unsaturated/α-hetero) is 1. The molecule has 1 N–H and O–H groups in total. The van der Waals surface area contributed by atoms with Crippen LogP contribution in [0.4, 0.5) is 5.69 Å². The van der Waals surface area contributed by atoms with Gasteiger partial charge in [0.05, 0.1) is 28.3 Å². The number of carbonyl (C=O) groups excluding carboxylic acids is 3. The van der Waals surface area contributed by atoms with E-state index in [1.165, 1.54) is 36.1 Å². The fourth-order valence-electron chi connectivity index (χ4n) is 6.90. The molecule has 6 rings (SSSR count). The Morgan fingerprint density at radius 2 is 1.56 bits per heavy atom. The molecule has 5 atom stereocenters. The molecule has 0 saturated carbocycles. The molecule has 12 heteroatoms. The van der Waals surface area contributed by atoms with Crippen LogP contribution in [0.25, 0.3) is 0 Å². The number of nitro benzene ring substituents is 1. The van der Waals surface area contributed by atoms with Gasteiger partial charge >= 0.3 is 0 Å². The van der Waals surface area contributed by atoms with Gasteiger partial charge in [0.1, 0.15) is 11.8 Å². The fourth-order valence-corrected chi connectivity index (χ4v) is 8.98. The van der Waals surface area contributed by atoms with Gasteiger partial charge in [0, 0.05) is 19.2 Å². The fraction of sp³-hybridized carbons (Fsp3) is 0.258. The zero-order chi connectivity index (χ0) is 30.5. The van der Waals surface area contributed by atoms with E-state index in [0.717, 1.165) is 22.0 Å². The number of nitro groups is 1. The summed E-state index contributed by atoms with van der Waals surface area (Å²) in [6.07, 6.45) is 3.06. The molecule has 3 aromatic carbocycles. The monoisotopic (exact) mass is 600 g/mol. The second kappa shape index (κ2) is 10.5. The van der Waals surface area contributed by atoms with Gasteiger partial charge in [0.2, 0.25) is 11.8 Å². The first-order valence-electron chi connectivity index (χ1n) is 13.7. The minimum absolute atomic E-state index is 0.0101. The highest BCUT2D eigenvalue weighted by molar-refractivity contribution is 7.89. The van der Waals surface area contributed by atoms with Gasteiger partial charge in [-0.3, -0.25) is 24.5 Å². The molecular formula is C31H28N4O7S. The Labute approximate surface area is 248 Å². The van der Waals surface area contributed by atoms with Gasteiger partial charge < -0.3 is 10.2 Å². The second-order valence-electron chi connectivity index (χ2n) is 10.9. The number of rotatable bonds is 9. The van der Waals surface area contributed by atoms with Crippen molar-refractivity contribution in [2.24, 2.45) is 11.8 Å². The number of hydrogen-bond donors (Lipinski definition) is 1. The highest BCUT2D eigenvalue weighted by Crippen LogP contribution is 2.59. The van der Waals surface area contributed by atoms with E-state index < -0.39 is 72.6 Å². The number of sulfonamides is 1. The first-order valence-corrected chi connectivity index (χ1v) is 15.2. The van der Waals surface area contributed by atoms with Crippen LogP contribution in [0.2, 0.25) is 0 Å². The average Bonchev–Trinajstić information content (AvgIpc) is 3.61. The maximum absolute atomic E-state index is 14.5. The van der Waals surface area contributed by atoms with Crippen molar-refractivity contribution in [3.05, 3.63) is 118 Å². The average molecular weight is 601 g/mol. The number of nitrogens with zero attached hydrogens (tertiary/aromatic N) is 3.